The highest BCUT2D eigenvalue weighted by Gasteiger charge is 2.11. The average molecular weight is 370 g/mol. The molecule has 0 N–H and O–H groups in total. The van der Waals surface area contributed by atoms with Gasteiger partial charge in [-0.15, -0.1) is 0 Å². The summed E-state index contributed by atoms with van der Waals surface area (Å²) in [5.41, 5.74) is 3.86. The standard InChI is InChI=1S/C25H26N2O/c1-3-9-24-22(7-1)23-8-2-4-10-25(23)27(24)19-20-11-13-21(14-12-20)28-18-17-26-15-5-6-16-26/h1-4,7-14H,5-6,15-19H2. The second-order valence-electron chi connectivity index (χ2n) is 7.66. The quantitative estimate of drug-likeness (QED) is 0.457. The van der Waals surface area contributed by atoms with Gasteiger partial charge in [-0.1, -0.05) is 48.5 Å². The molecule has 0 aliphatic carbocycles. The Morgan fingerprint density at radius 1 is 0.714 bits per heavy atom. The summed E-state index contributed by atoms with van der Waals surface area (Å²) >= 11 is 0. The lowest BCUT2D eigenvalue weighted by Crippen LogP contribution is -2.25. The third-order valence-electron chi connectivity index (χ3n) is 5.82. The summed E-state index contributed by atoms with van der Waals surface area (Å²) in [6.07, 6.45) is 2.66. The smallest absolute Gasteiger partial charge is 0.119 e. The van der Waals surface area contributed by atoms with Crippen LogP contribution >= 0.6 is 0 Å². The van der Waals surface area contributed by atoms with E-state index in [9.17, 15) is 0 Å². The van der Waals surface area contributed by atoms with E-state index < -0.39 is 0 Å². The molecular formula is C25H26N2O. The molecule has 1 fully saturated rings. The molecule has 2 heterocycles. The normalized spacial score (nSPS) is 14.9. The third-order valence-corrected chi connectivity index (χ3v) is 5.82. The largest absolute Gasteiger partial charge is 0.492 e. The van der Waals surface area contributed by atoms with Gasteiger partial charge in [-0.05, 0) is 55.8 Å². The molecule has 1 aliphatic rings. The van der Waals surface area contributed by atoms with Gasteiger partial charge in [0.1, 0.15) is 12.4 Å². The Labute approximate surface area is 166 Å². The summed E-state index contributed by atoms with van der Waals surface area (Å²) in [6.45, 7) is 5.11. The predicted octanol–water partition coefficient (Wildman–Crippen LogP) is 5.32. The molecule has 3 aromatic carbocycles. The maximum atomic E-state index is 5.95. The number of hydrogen-bond donors (Lipinski definition) is 0. The van der Waals surface area contributed by atoms with Crippen LogP contribution in [0.5, 0.6) is 5.75 Å². The zero-order chi connectivity index (χ0) is 18.8. The number of para-hydroxylation sites is 2. The highest BCUT2D eigenvalue weighted by molar-refractivity contribution is 6.08. The van der Waals surface area contributed by atoms with Crippen molar-refractivity contribution < 1.29 is 4.74 Å². The van der Waals surface area contributed by atoms with Crippen molar-refractivity contribution in [2.45, 2.75) is 19.4 Å². The van der Waals surface area contributed by atoms with Crippen LogP contribution in [-0.4, -0.2) is 35.7 Å². The van der Waals surface area contributed by atoms with Gasteiger partial charge in [0.25, 0.3) is 0 Å². The molecule has 3 nitrogen and oxygen atoms in total. The maximum absolute atomic E-state index is 5.95. The van der Waals surface area contributed by atoms with Crippen LogP contribution in [0.2, 0.25) is 0 Å². The summed E-state index contributed by atoms with van der Waals surface area (Å²) in [5.74, 6) is 0.963. The molecule has 0 unspecified atom stereocenters. The molecule has 1 aliphatic heterocycles. The number of hydrogen-bond acceptors (Lipinski definition) is 2. The number of aromatic nitrogens is 1. The number of ether oxygens (including phenoxy) is 1. The van der Waals surface area contributed by atoms with Gasteiger partial charge in [-0.3, -0.25) is 4.90 Å². The zero-order valence-corrected chi connectivity index (χ0v) is 16.2. The summed E-state index contributed by atoms with van der Waals surface area (Å²) in [6, 6.07) is 25.9. The maximum Gasteiger partial charge on any atom is 0.119 e. The average Bonchev–Trinajstić information content (AvgIpc) is 3.37. The molecule has 1 aromatic heterocycles. The molecular weight excluding hydrogens is 344 g/mol. The fourth-order valence-corrected chi connectivity index (χ4v) is 4.35. The van der Waals surface area contributed by atoms with Crippen LogP contribution in [0.4, 0.5) is 0 Å². The van der Waals surface area contributed by atoms with Crippen molar-refractivity contribution in [1.29, 1.82) is 0 Å². The van der Waals surface area contributed by atoms with Crippen LogP contribution in [-0.2, 0) is 6.54 Å². The summed E-state index contributed by atoms with van der Waals surface area (Å²) in [7, 11) is 0. The number of fused-ring (bicyclic) bond motifs is 3. The Morgan fingerprint density at radius 2 is 1.32 bits per heavy atom. The van der Waals surface area contributed by atoms with Crippen molar-refractivity contribution in [3.63, 3.8) is 0 Å². The van der Waals surface area contributed by atoms with E-state index in [2.05, 4.69) is 82.3 Å². The van der Waals surface area contributed by atoms with E-state index in [1.807, 2.05) is 0 Å². The van der Waals surface area contributed by atoms with Crippen molar-refractivity contribution in [3.8, 4) is 5.75 Å². The number of benzene rings is 3. The Balaban J connectivity index is 1.33. The lowest BCUT2D eigenvalue weighted by Gasteiger charge is -2.15. The van der Waals surface area contributed by atoms with Crippen LogP contribution in [0.25, 0.3) is 21.8 Å². The molecule has 142 valence electrons. The van der Waals surface area contributed by atoms with E-state index in [1.165, 1.54) is 53.3 Å². The third kappa shape index (κ3) is 3.38. The van der Waals surface area contributed by atoms with E-state index in [-0.39, 0.29) is 0 Å². The first-order valence-corrected chi connectivity index (χ1v) is 10.3. The molecule has 0 bridgehead atoms. The van der Waals surface area contributed by atoms with Gasteiger partial charge in [0.2, 0.25) is 0 Å². The van der Waals surface area contributed by atoms with E-state index in [0.29, 0.717) is 0 Å². The molecule has 0 atom stereocenters. The van der Waals surface area contributed by atoms with Crippen molar-refractivity contribution in [2.75, 3.05) is 26.2 Å². The molecule has 5 rings (SSSR count). The van der Waals surface area contributed by atoms with E-state index >= 15 is 0 Å². The summed E-state index contributed by atoms with van der Waals surface area (Å²) in [4.78, 5) is 2.48. The topological polar surface area (TPSA) is 17.4 Å². The van der Waals surface area contributed by atoms with Gasteiger partial charge in [-0.2, -0.15) is 0 Å². The molecule has 4 aromatic rings. The first-order chi connectivity index (χ1) is 13.9. The van der Waals surface area contributed by atoms with Crippen LogP contribution in [0.1, 0.15) is 18.4 Å². The van der Waals surface area contributed by atoms with Crippen LogP contribution < -0.4 is 4.74 Å². The molecule has 0 saturated carbocycles. The lowest BCUT2D eigenvalue weighted by atomic mass is 10.2. The van der Waals surface area contributed by atoms with E-state index in [4.69, 9.17) is 4.74 Å². The molecule has 0 spiro atoms. The van der Waals surface area contributed by atoms with Gasteiger partial charge in [0.15, 0.2) is 0 Å². The Hall–Kier alpha value is -2.78. The predicted molar refractivity (Wildman–Crippen MR) is 116 cm³/mol. The minimum absolute atomic E-state index is 0.770. The van der Waals surface area contributed by atoms with Crippen molar-refractivity contribution in [1.82, 2.24) is 9.47 Å². The Morgan fingerprint density at radius 3 is 1.96 bits per heavy atom. The second kappa shape index (κ2) is 7.69. The minimum atomic E-state index is 0.770. The number of rotatable bonds is 6. The Kier molecular flexibility index (Phi) is 4.76. The minimum Gasteiger partial charge on any atom is -0.492 e. The van der Waals surface area contributed by atoms with Crippen molar-refractivity contribution in [3.05, 3.63) is 78.4 Å². The van der Waals surface area contributed by atoms with E-state index in [1.54, 1.807) is 0 Å². The summed E-state index contributed by atoms with van der Waals surface area (Å²) < 4.78 is 8.36. The summed E-state index contributed by atoms with van der Waals surface area (Å²) in [5, 5.41) is 2.64. The number of nitrogens with zero attached hydrogens (tertiary/aromatic N) is 2. The lowest BCUT2D eigenvalue weighted by molar-refractivity contribution is 0.238. The molecule has 0 radical (unpaired) electrons. The fraction of sp³-hybridized carbons (Fsp3) is 0.280. The molecule has 1 saturated heterocycles. The Bertz CT molecular complexity index is 1020. The van der Waals surface area contributed by atoms with Gasteiger partial charge < -0.3 is 9.30 Å². The van der Waals surface area contributed by atoms with Gasteiger partial charge in [-0.25, -0.2) is 0 Å². The van der Waals surface area contributed by atoms with Gasteiger partial charge in [0.05, 0.1) is 0 Å². The monoisotopic (exact) mass is 370 g/mol. The molecule has 28 heavy (non-hydrogen) atoms. The first-order valence-electron chi connectivity index (χ1n) is 10.3. The van der Waals surface area contributed by atoms with Crippen molar-refractivity contribution >= 4 is 21.8 Å². The highest BCUT2D eigenvalue weighted by atomic mass is 16.5. The van der Waals surface area contributed by atoms with Crippen LogP contribution in [0.3, 0.4) is 0 Å². The van der Waals surface area contributed by atoms with Crippen molar-refractivity contribution in [2.24, 2.45) is 0 Å². The van der Waals surface area contributed by atoms with Crippen LogP contribution in [0.15, 0.2) is 72.8 Å². The molecule has 0 amide bonds. The van der Waals surface area contributed by atoms with Gasteiger partial charge in [0, 0.05) is 34.9 Å². The SMILES string of the molecule is c1ccc2c(c1)c1ccccc1n2Cc1ccc(OCCN2CCCC2)cc1. The fourth-order valence-electron chi connectivity index (χ4n) is 4.35. The highest BCUT2D eigenvalue weighted by Crippen LogP contribution is 2.29. The molecule has 3 heteroatoms. The van der Waals surface area contributed by atoms with E-state index in [0.717, 1.165) is 25.4 Å². The van der Waals surface area contributed by atoms with Crippen LogP contribution in [0, 0.1) is 0 Å². The number of likely N-dealkylation sites (tertiary alicyclic amines) is 1. The zero-order valence-electron chi connectivity index (χ0n) is 16.2. The van der Waals surface area contributed by atoms with Gasteiger partial charge >= 0.3 is 0 Å². The second-order valence-corrected chi connectivity index (χ2v) is 7.66. The first kappa shape index (κ1) is 17.3.